The van der Waals surface area contributed by atoms with Gasteiger partial charge in [-0.05, 0) is 38.0 Å². The van der Waals surface area contributed by atoms with Gasteiger partial charge in [0.25, 0.3) is 0 Å². The van der Waals surface area contributed by atoms with Crippen molar-refractivity contribution in [2.75, 3.05) is 20.3 Å². The van der Waals surface area contributed by atoms with Gasteiger partial charge >= 0.3 is 5.97 Å². The van der Waals surface area contributed by atoms with E-state index in [1.165, 1.54) is 7.11 Å². The third kappa shape index (κ3) is 2.63. The standard InChI is InChI=1S/C13H23NO3/c1-3-13(10-6-7-10,12(15)16-2)14-9-11-5-4-8-17-11/h10-11,14H,3-9H2,1-2H3. The molecule has 1 saturated heterocycles. The van der Waals surface area contributed by atoms with Gasteiger partial charge < -0.3 is 9.47 Å². The van der Waals surface area contributed by atoms with Crippen molar-refractivity contribution >= 4 is 5.97 Å². The Kier molecular flexibility index (Phi) is 4.05. The minimum Gasteiger partial charge on any atom is -0.468 e. The van der Waals surface area contributed by atoms with Crippen molar-refractivity contribution < 1.29 is 14.3 Å². The summed E-state index contributed by atoms with van der Waals surface area (Å²) in [5, 5.41) is 3.44. The number of ether oxygens (including phenoxy) is 2. The average molecular weight is 241 g/mol. The van der Waals surface area contributed by atoms with Gasteiger partial charge in [0.05, 0.1) is 13.2 Å². The molecular formula is C13H23NO3. The Balaban J connectivity index is 1.96. The van der Waals surface area contributed by atoms with Crippen LogP contribution in [-0.2, 0) is 14.3 Å². The topological polar surface area (TPSA) is 47.6 Å². The number of hydrogen-bond acceptors (Lipinski definition) is 4. The molecule has 0 aromatic rings. The van der Waals surface area contributed by atoms with E-state index in [0.717, 1.165) is 45.3 Å². The van der Waals surface area contributed by atoms with Crippen molar-refractivity contribution in [3.8, 4) is 0 Å². The Hall–Kier alpha value is -0.610. The predicted octanol–water partition coefficient (Wildman–Crippen LogP) is 1.49. The average Bonchev–Trinajstić information content (AvgIpc) is 3.07. The summed E-state index contributed by atoms with van der Waals surface area (Å²) in [5.41, 5.74) is -0.472. The Labute approximate surface area is 103 Å². The van der Waals surface area contributed by atoms with E-state index in [-0.39, 0.29) is 12.1 Å². The fraction of sp³-hybridized carbons (Fsp3) is 0.923. The van der Waals surface area contributed by atoms with Crippen LogP contribution in [0, 0.1) is 5.92 Å². The number of carbonyl (C=O) groups is 1. The van der Waals surface area contributed by atoms with Crippen LogP contribution in [0.4, 0.5) is 0 Å². The molecule has 0 spiro atoms. The molecule has 1 N–H and O–H groups in total. The van der Waals surface area contributed by atoms with E-state index in [2.05, 4.69) is 12.2 Å². The van der Waals surface area contributed by atoms with Gasteiger partial charge in [0.1, 0.15) is 5.54 Å². The van der Waals surface area contributed by atoms with E-state index in [0.29, 0.717) is 5.92 Å². The van der Waals surface area contributed by atoms with Gasteiger partial charge in [-0.1, -0.05) is 6.92 Å². The minimum absolute atomic E-state index is 0.111. The highest BCUT2D eigenvalue weighted by Gasteiger charge is 2.50. The van der Waals surface area contributed by atoms with E-state index < -0.39 is 5.54 Å². The first-order valence-corrected chi connectivity index (χ1v) is 6.68. The SMILES string of the molecule is CCC(NCC1CCCO1)(C(=O)OC)C1CC1. The van der Waals surface area contributed by atoms with Gasteiger partial charge in [0.2, 0.25) is 0 Å². The third-order valence-corrected chi connectivity index (χ3v) is 4.05. The summed E-state index contributed by atoms with van der Waals surface area (Å²) in [6, 6.07) is 0. The number of esters is 1. The molecule has 1 saturated carbocycles. The van der Waals surface area contributed by atoms with Crippen LogP contribution in [0.2, 0.25) is 0 Å². The maximum atomic E-state index is 12.0. The largest absolute Gasteiger partial charge is 0.468 e. The third-order valence-electron chi connectivity index (χ3n) is 4.05. The Morgan fingerprint density at radius 2 is 2.24 bits per heavy atom. The number of carbonyl (C=O) groups excluding carboxylic acids is 1. The minimum atomic E-state index is -0.472. The Morgan fingerprint density at radius 1 is 1.47 bits per heavy atom. The Bertz CT molecular complexity index is 272. The van der Waals surface area contributed by atoms with E-state index in [1.54, 1.807) is 0 Å². The molecule has 98 valence electrons. The lowest BCUT2D eigenvalue weighted by Crippen LogP contribution is -2.56. The van der Waals surface area contributed by atoms with Gasteiger partial charge in [-0.15, -0.1) is 0 Å². The zero-order valence-electron chi connectivity index (χ0n) is 10.8. The van der Waals surface area contributed by atoms with Crippen LogP contribution in [0.15, 0.2) is 0 Å². The van der Waals surface area contributed by atoms with Crippen molar-refractivity contribution in [1.29, 1.82) is 0 Å². The summed E-state index contributed by atoms with van der Waals surface area (Å²) in [5.74, 6) is 0.335. The van der Waals surface area contributed by atoms with Gasteiger partial charge in [0.15, 0.2) is 0 Å². The molecule has 0 amide bonds. The molecule has 2 unspecified atom stereocenters. The molecule has 2 fully saturated rings. The quantitative estimate of drug-likeness (QED) is 0.716. The molecule has 4 heteroatoms. The van der Waals surface area contributed by atoms with Crippen molar-refractivity contribution in [2.24, 2.45) is 5.92 Å². The summed E-state index contributed by atoms with van der Waals surface area (Å²) in [6.45, 7) is 3.67. The molecule has 0 aromatic carbocycles. The lowest BCUT2D eigenvalue weighted by molar-refractivity contribution is -0.150. The van der Waals surface area contributed by atoms with Crippen LogP contribution in [0.3, 0.4) is 0 Å². The molecule has 2 rings (SSSR count). The zero-order chi connectivity index (χ0) is 12.3. The molecule has 0 aromatic heterocycles. The highest BCUT2D eigenvalue weighted by Crippen LogP contribution is 2.42. The highest BCUT2D eigenvalue weighted by atomic mass is 16.5. The molecule has 0 radical (unpaired) electrons. The number of nitrogens with one attached hydrogen (secondary N) is 1. The predicted molar refractivity (Wildman–Crippen MR) is 64.7 cm³/mol. The first-order valence-electron chi connectivity index (χ1n) is 6.68. The fourth-order valence-corrected chi connectivity index (χ4v) is 2.80. The van der Waals surface area contributed by atoms with Gasteiger partial charge in [-0.3, -0.25) is 10.1 Å². The molecule has 4 nitrogen and oxygen atoms in total. The summed E-state index contributed by atoms with van der Waals surface area (Å²) < 4.78 is 10.6. The van der Waals surface area contributed by atoms with Crippen LogP contribution in [-0.4, -0.2) is 37.9 Å². The van der Waals surface area contributed by atoms with Crippen molar-refractivity contribution in [3.63, 3.8) is 0 Å². The lowest BCUT2D eigenvalue weighted by Gasteiger charge is -2.32. The number of hydrogen-bond donors (Lipinski definition) is 1. The maximum absolute atomic E-state index is 12.0. The van der Waals surface area contributed by atoms with Crippen LogP contribution in [0.1, 0.15) is 39.0 Å². The van der Waals surface area contributed by atoms with Gasteiger partial charge in [-0.2, -0.15) is 0 Å². The van der Waals surface area contributed by atoms with E-state index in [9.17, 15) is 4.79 Å². The molecule has 1 heterocycles. The van der Waals surface area contributed by atoms with Gasteiger partial charge in [0, 0.05) is 13.2 Å². The van der Waals surface area contributed by atoms with Crippen LogP contribution < -0.4 is 5.32 Å². The molecule has 0 bridgehead atoms. The zero-order valence-corrected chi connectivity index (χ0v) is 10.8. The lowest BCUT2D eigenvalue weighted by atomic mass is 9.89. The summed E-state index contributed by atoms with van der Waals surface area (Å²) >= 11 is 0. The molecule has 2 aliphatic rings. The summed E-state index contributed by atoms with van der Waals surface area (Å²) in [6.07, 6.45) is 5.54. The second-order valence-electron chi connectivity index (χ2n) is 5.11. The van der Waals surface area contributed by atoms with Crippen LogP contribution in [0.5, 0.6) is 0 Å². The monoisotopic (exact) mass is 241 g/mol. The first kappa shape index (κ1) is 12.8. The molecule has 1 aliphatic heterocycles. The van der Waals surface area contributed by atoms with Crippen LogP contribution in [0.25, 0.3) is 0 Å². The van der Waals surface area contributed by atoms with E-state index in [4.69, 9.17) is 9.47 Å². The molecule has 2 atom stereocenters. The maximum Gasteiger partial charge on any atom is 0.326 e. The first-order chi connectivity index (χ1) is 8.23. The fourth-order valence-electron chi connectivity index (χ4n) is 2.80. The normalized spacial score (nSPS) is 27.8. The molecule has 1 aliphatic carbocycles. The number of methoxy groups -OCH3 is 1. The van der Waals surface area contributed by atoms with Crippen LogP contribution >= 0.6 is 0 Å². The second-order valence-corrected chi connectivity index (χ2v) is 5.11. The molecular weight excluding hydrogens is 218 g/mol. The number of rotatable bonds is 6. The second kappa shape index (κ2) is 5.36. The summed E-state index contributed by atoms with van der Waals surface area (Å²) in [4.78, 5) is 12.0. The van der Waals surface area contributed by atoms with Crippen molar-refractivity contribution in [2.45, 2.75) is 50.7 Å². The Morgan fingerprint density at radius 3 is 2.71 bits per heavy atom. The highest BCUT2D eigenvalue weighted by molar-refractivity contribution is 5.81. The summed E-state index contributed by atoms with van der Waals surface area (Å²) in [7, 11) is 1.48. The van der Waals surface area contributed by atoms with Crippen molar-refractivity contribution in [3.05, 3.63) is 0 Å². The van der Waals surface area contributed by atoms with E-state index in [1.807, 2.05) is 0 Å². The van der Waals surface area contributed by atoms with E-state index >= 15 is 0 Å². The van der Waals surface area contributed by atoms with Crippen molar-refractivity contribution in [1.82, 2.24) is 5.32 Å². The van der Waals surface area contributed by atoms with Gasteiger partial charge in [-0.25, -0.2) is 0 Å². The molecule has 17 heavy (non-hydrogen) atoms. The smallest absolute Gasteiger partial charge is 0.326 e.